The third kappa shape index (κ3) is 7.61. The van der Waals surface area contributed by atoms with Crippen LogP contribution in [0.25, 0.3) is 0 Å². The summed E-state index contributed by atoms with van der Waals surface area (Å²) in [5.41, 5.74) is 0. The summed E-state index contributed by atoms with van der Waals surface area (Å²) in [7, 11) is 3.50. The van der Waals surface area contributed by atoms with Crippen LogP contribution in [0.4, 0.5) is 5.82 Å². The molecule has 0 bridgehead atoms. The highest BCUT2D eigenvalue weighted by Crippen LogP contribution is 2.17. The number of anilines is 1. The van der Waals surface area contributed by atoms with Crippen molar-refractivity contribution in [2.45, 2.75) is 37.8 Å². The highest BCUT2D eigenvalue weighted by molar-refractivity contribution is 14.0. The van der Waals surface area contributed by atoms with Gasteiger partial charge in [-0.05, 0) is 37.8 Å². The zero-order chi connectivity index (χ0) is 19.8. The van der Waals surface area contributed by atoms with E-state index in [1.165, 1.54) is 0 Å². The first-order valence-corrected chi connectivity index (χ1v) is 10.1. The maximum atomic E-state index is 11.9. The van der Waals surface area contributed by atoms with Gasteiger partial charge < -0.3 is 25.2 Å². The average Bonchev–Trinajstić information content (AvgIpc) is 3.24. The summed E-state index contributed by atoms with van der Waals surface area (Å²) >= 11 is 0. The van der Waals surface area contributed by atoms with Crippen molar-refractivity contribution < 1.29 is 9.53 Å². The second-order valence-electron chi connectivity index (χ2n) is 7.56. The Labute approximate surface area is 190 Å². The zero-order valence-electron chi connectivity index (χ0n) is 17.3. The van der Waals surface area contributed by atoms with E-state index in [0.717, 1.165) is 57.7 Å². The quantitative estimate of drug-likeness (QED) is 0.339. The molecule has 0 radical (unpaired) electrons. The van der Waals surface area contributed by atoms with E-state index in [2.05, 4.69) is 31.6 Å². The van der Waals surface area contributed by atoms with Crippen molar-refractivity contribution in [3.8, 4) is 0 Å². The van der Waals surface area contributed by atoms with Gasteiger partial charge in [0.15, 0.2) is 5.96 Å². The van der Waals surface area contributed by atoms with Gasteiger partial charge in [-0.15, -0.1) is 24.0 Å². The fourth-order valence-corrected chi connectivity index (χ4v) is 3.44. The minimum atomic E-state index is -0.0109. The standard InChI is InChI=1S/C20H32N6O2.HI/c1-25(2)19(27)15-23-20(22-14-17-6-5-13-28-17)24-16-8-11-26(12-9-16)18-7-3-4-10-21-18;/h3-4,7,10,16-17H,5-6,8-9,11-15H2,1-2H3,(H2,22,23,24);1H. The smallest absolute Gasteiger partial charge is 0.243 e. The van der Waals surface area contributed by atoms with Crippen LogP contribution < -0.4 is 15.5 Å². The maximum Gasteiger partial charge on any atom is 0.243 e. The van der Waals surface area contributed by atoms with Crippen molar-refractivity contribution in [2.24, 2.45) is 4.99 Å². The summed E-state index contributed by atoms with van der Waals surface area (Å²) in [5.74, 6) is 1.72. The molecule has 162 valence electrons. The highest BCUT2D eigenvalue weighted by atomic mass is 127. The fraction of sp³-hybridized carbons (Fsp3) is 0.650. The monoisotopic (exact) mass is 516 g/mol. The number of ether oxygens (including phenoxy) is 1. The van der Waals surface area contributed by atoms with E-state index >= 15 is 0 Å². The Hall–Kier alpha value is -1.62. The molecule has 3 rings (SSSR count). The number of amides is 1. The van der Waals surface area contributed by atoms with Crippen LogP contribution in [0.3, 0.4) is 0 Å². The van der Waals surface area contributed by atoms with E-state index < -0.39 is 0 Å². The summed E-state index contributed by atoms with van der Waals surface area (Å²) in [5, 5.41) is 6.88. The molecule has 1 aromatic rings. The third-order valence-corrected chi connectivity index (χ3v) is 5.20. The van der Waals surface area contributed by atoms with Crippen LogP contribution in [-0.4, -0.2) is 80.8 Å². The SMILES string of the molecule is CN(C)C(=O)CN=C(NCC1CCCO1)NC1CCN(c2ccccn2)CC1.I. The Morgan fingerprint density at radius 1 is 1.31 bits per heavy atom. The third-order valence-electron chi connectivity index (χ3n) is 5.20. The van der Waals surface area contributed by atoms with Gasteiger partial charge in [0, 0.05) is 52.6 Å². The van der Waals surface area contributed by atoms with Crippen LogP contribution in [-0.2, 0) is 9.53 Å². The van der Waals surface area contributed by atoms with Crippen molar-refractivity contribution in [3.63, 3.8) is 0 Å². The number of nitrogens with zero attached hydrogens (tertiary/aromatic N) is 4. The second kappa shape index (κ2) is 12.2. The minimum absolute atomic E-state index is 0. The molecule has 9 heteroatoms. The first-order chi connectivity index (χ1) is 13.6. The van der Waals surface area contributed by atoms with Gasteiger partial charge in [0.05, 0.1) is 6.10 Å². The van der Waals surface area contributed by atoms with E-state index in [1.807, 2.05) is 18.3 Å². The summed E-state index contributed by atoms with van der Waals surface area (Å²) in [4.78, 5) is 24.7. The summed E-state index contributed by atoms with van der Waals surface area (Å²) in [6.07, 6.45) is 6.23. The van der Waals surface area contributed by atoms with Crippen molar-refractivity contribution in [1.29, 1.82) is 0 Å². The Balaban J connectivity index is 0.00000300. The normalized spacial score (nSPS) is 20.1. The minimum Gasteiger partial charge on any atom is -0.376 e. The lowest BCUT2D eigenvalue weighted by Crippen LogP contribution is -2.50. The Morgan fingerprint density at radius 3 is 2.72 bits per heavy atom. The summed E-state index contributed by atoms with van der Waals surface area (Å²) < 4.78 is 5.69. The average molecular weight is 516 g/mol. The van der Waals surface area contributed by atoms with Crippen LogP contribution >= 0.6 is 24.0 Å². The Bertz CT molecular complexity index is 644. The number of nitrogens with one attached hydrogen (secondary N) is 2. The molecule has 0 aromatic carbocycles. The lowest BCUT2D eigenvalue weighted by Gasteiger charge is -2.34. The Morgan fingerprint density at radius 2 is 2.10 bits per heavy atom. The van der Waals surface area contributed by atoms with Crippen LogP contribution in [0.2, 0.25) is 0 Å². The second-order valence-corrected chi connectivity index (χ2v) is 7.56. The number of aromatic nitrogens is 1. The van der Waals surface area contributed by atoms with Gasteiger partial charge in [0.1, 0.15) is 12.4 Å². The van der Waals surface area contributed by atoms with Crippen LogP contribution in [0, 0.1) is 0 Å². The highest BCUT2D eigenvalue weighted by Gasteiger charge is 2.22. The van der Waals surface area contributed by atoms with Gasteiger partial charge >= 0.3 is 0 Å². The number of carbonyl (C=O) groups excluding carboxylic acids is 1. The largest absolute Gasteiger partial charge is 0.376 e. The van der Waals surface area contributed by atoms with E-state index in [9.17, 15) is 4.79 Å². The molecule has 2 aliphatic rings. The topological polar surface area (TPSA) is 82.1 Å². The molecule has 0 saturated carbocycles. The number of likely N-dealkylation sites (N-methyl/N-ethyl adjacent to an activating group) is 1. The van der Waals surface area contributed by atoms with E-state index in [-0.39, 0.29) is 42.5 Å². The molecule has 3 heterocycles. The molecule has 1 aromatic heterocycles. The van der Waals surface area contributed by atoms with Crippen LogP contribution in [0.15, 0.2) is 29.4 Å². The molecule has 1 unspecified atom stereocenters. The van der Waals surface area contributed by atoms with Crippen LogP contribution in [0.5, 0.6) is 0 Å². The van der Waals surface area contributed by atoms with E-state index in [1.54, 1.807) is 19.0 Å². The van der Waals surface area contributed by atoms with Gasteiger partial charge in [0.25, 0.3) is 0 Å². The molecule has 1 atom stereocenters. The van der Waals surface area contributed by atoms with Crippen molar-refractivity contribution in [3.05, 3.63) is 24.4 Å². The van der Waals surface area contributed by atoms with Crippen molar-refractivity contribution in [1.82, 2.24) is 20.5 Å². The molecular weight excluding hydrogens is 483 g/mol. The zero-order valence-corrected chi connectivity index (χ0v) is 19.7. The number of hydrogen-bond donors (Lipinski definition) is 2. The fourth-order valence-electron chi connectivity index (χ4n) is 3.44. The van der Waals surface area contributed by atoms with Crippen molar-refractivity contribution in [2.75, 3.05) is 51.8 Å². The molecule has 2 saturated heterocycles. The summed E-state index contributed by atoms with van der Waals surface area (Å²) in [6.45, 7) is 3.58. The first-order valence-electron chi connectivity index (χ1n) is 10.1. The molecule has 0 spiro atoms. The molecule has 8 nitrogen and oxygen atoms in total. The molecule has 2 fully saturated rings. The molecule has 2 aliphatic heterocycles. The predicted molar refractivity (Wildman–Crippen MR) is 126 cm³/mol. The van der Waals surface area contributed by atoms with E-state index in [4.69, 9.17) is 4.74 Å². The van der Waals surface area contributed by atoms with Crippen molar-refractivity contribution >= 4 is 41.7 Å². The van der Waals surface area contributed by atoms with E-state index in [0.29, 0.717) is 12.0 Å². The van der Waals surface area contributed by atoms with Gasteiger partial charge in [-0.2, -0.15) is 0 Å². The number of halogens is 1. The number of guanidine groups is 1. The number of piperidine rings is 1. The number of pyridine rings is 1. The summed E-state index contributed by atoms with van der Waals surface area (Å²) in [6, 6.07) is 6.34. The van der Waals surface area contributed by atoms with Gasteiger partial charge in [-0.1, -0.05) is 6.07 Å². The molecule has 0 aliphatic carbocycles. The first kappa shape index (κ1) is 23.7. The lowest BCUT2D eigenvalue weighted by molar-refractivity contribution is -0.127. The van der Waals surface area contributed by atoms with Gasteiger partial charge in [-0.3, -0.25) is 4.79 Å². The van der Waals surface area contributed by atoms with Crippen LogP contribution in [0.1, 0.15) is 25.7 Å². The maximum absolute atomic E-state index is 11.9. The number of hydrogen-bond acceptors (Lipinski definition) is 5. The lowest BCUT2D eigenvalue weighted by atomic mass is 10.1. The molecule has 29 heavy (non-hydrogen) atoms. The number of aliphatic imine (C=N–C) groups is 1. The number of rotatable bonds is 6. The van der Waals surface area contributed by atoms with Gasteiger partial charge in [0.2, 0.25) is 5.91 Å². The number of carbonyl (C=O) groups is 1. The molecule has 1 amide bonds. The molecular formula is C20H33IN6O2. The van der Waals surface area contributed by atoms with Gasteiger partial charge in [-0.25, -0.2) is 9.98 Å². The predicted octanol–water partition coefficient (Wildman–Crippen LogP) is 1.47. The molecule has 2 N–H and O–H groups in total. The Kier molecular flexibility index (Phi) is 9.92.